The van der Waals surface area contributed by atoms with Gasteiger partial charge >= 0.3 is 37.7 Å². The third kappa shape index (κ3) is 46.6. The van der Waals surface area contributed by atoms with Gasteiger partial charge in [0.15, 0.2) is 0 Å². The van der Waals surface area contributed by atoms with E-state index in [4.69, 9.17) is 4.55 Å². The number of aliphatic imine (C=N–C) groups is 1. The summed E-state index contributed by atoms with van der Waals surface area (Å²) in [4.78, 5) is 14.9. The third-order valence-electron chi connectivity index (χ3n) is 6.81. The van der Waals surface area contributed by atoms with Crippen LogP contribution in [-0.2, 0) is 25.0 Å². The molecule has 0 aliphatic carbocycles. The molecule has 10 nitrogen and oxygen atoms in total. The topological polar surface area (TPSA) is 176 Å². The first kappa shape index (κ1) is 47.4. The van der Waals surface area contributed by atoms with Gasteiger partial charge in [-0.3, -0.25) is 9.35 Å². The van der Waals surface area contributed by atoms with Crippen LogP contribution in [0.5, 0.6) is 0 Å². The number of unbranched alkanes of at least 4 members (excludes halogenated alkanes) is 18. The van der Waals surface area contributed by atoms with Crippen molar-refractivity contribution in [2.75, 3.05) is 24.6 Å². The van der Waals surface area contributed by atoms with Crippen LogP contribution in [0, 0.1) is 0 Å². The summed E-state index contributed by atoms with van der Waals surface area (Å²) in [6, 6.07) is 0. The van der Waals surface area contributed by atoms with E-state index in [1.54, 1.807) is 0 Å². The van der Waals surface area contributed by atoms with Crippen molar-refractivity contribution in [2.24, 2.45) is 4.99 Å². The van der Waals surface area contributed by atoms with E-state index in [0.717, 1.165) is 38.5 Å². The minimum Gasteiger partial charge on any atom is -0.862 e. The maximum Gasteiger partial charge on any atom is 2.00 e. The van der Waals surface area contributed by atoms with E-state index in [1.807, 2.05) is 0 Å². The number of hydrogen-bond donors (Lipinski definition) is 2. The van der Waals surface area contributed by atoms with Gasteiger partial charge in [0.25, 0.3) is 10.1 Å². The van der Waals surface area contributed by atoms with Crippen LogP contribution < -0.4 is 10.4 Å². The maximum atomic E-state index is 11.4. The van der Waals surface area contributed by atoms with E-state index in [-0.39, 0.29) is 62.6 Å². The number of nitrogens with one attached hydrogen (secondary N) is 1. The summed E-state index contributed by atoms with van der Waals surface area (Å²) in [6.07, 6.45) is 25.0. The molecule has 0 unspecified atom stereocenters. The Bertz CT molecular complexity index is 869. The minimum atomic E-state index is -4.26. The second-order valence-electron chi connectivity index (χ2n) is 11.0. The number of nitrogens with zero attached hydrogens (tertiary/aromatic N) is 1. The van der Waals surface area contributed by atoms with Crippen LogP contribution in [-0.4, -0.2) is 100 Å². The molecule has 13 heteroatoms. The monoisotopic (exact) mass is 680 g/mol. The molecule has 252 valence electrons. The molecule has 0 spiro atoms. The van der Waals surface area contributed by atoms with E-state index in [1.165, 1.54) is 89.9 Å². The standard InChI is InChI=1S/2C15H31NO4S.Ca/c2*1-2-3-4-5-6-7-8-9-10-11-12-15(17)16-13-14-21(18,19)20;/h2*2-14H2,1H3,(H,16,17)(H,18,19,20);/q;;+2/p-2. The van der Waals surface area contributed by atoms with Crippen molar-refractivity contribution < 1.29 is 35.8 Å². The predicted molar refractivity (Wildman–Crippen MR) is 175 cm³/mol. The maximum absolute atomic E-state index is 11.4. The van der Waals surface area contributed by atoms with Crippen LogP contribution in [0.2, 0.25) is 0 Å². The third-order valence-corrected chi connectivity index (χ3v) is 8.22. The van der Waals surface area contributed by atoms with Crippen LogP contribution >= 0.6 is 0 Å². The fraction of sp³-hybridized carbons (Fsp3) is 0.933. The Balaban J connectivity index is -0.000000727. The van der Waals surface area contributed by atoms with Gasteiger partial charge in [-0.2, -0.15) is 8.42 Å². The molecule has 0 rings (SSSR count). The molecule has 0 fully saturated rings. The fourth-order valence-corrected chi connectivity index (χ4v) is 4.98. The molecular formula is C30H60CaN2O8S2. The van der Waals surface area contributed by atoms with Gasteiger partial charge in [0.1, 0.15) is 0 Å². The summed E-state index contributed by atoms with van der Waals surface area (Å²) in [5, 5.41) is 13.8. The molecule has 0 saturated carbocycles. The Kier molecular flexibility index (Phi) is 36.8. The van der Waals surface area contributed by atoms with Crippen molar-refractivity contribution in [3.05, 3.63) is 0 Å². The van der Waals surface area contributed by atoms with Crippen molar-refractivity contribution in [3.8, 4) is 0 Å². The Labute approximate surface area is 293 Å². The molecule has 0 radical (unpaired) electrons. The van der Waals surface area contributed by atoms with Crippen molar-refractivity contribution in [1.82, 2.24) is 5.32 Å². The van der Waals surface area contributed by atoms with Gasteiger partial charge in [0, 0.05) is 13.0 Å². The molecule has 43 heavy (non-hydrogen) atoms. The molecule has 0 atom stereocenters. The summed E-state index contributed by atoms with van der Waals surface area (Å²) in [5.74, 6) is -1.44. The smallest absolute Gasteiger partial charge is 0.862 e. The Hall–Kier alpha value is 0.0197. The minimum absolute atomic E-state index is 0. The van der Waals surface area contributed by atoms with Gasteiger partial charge in [-0.15, -0.1) is 0 Å². The second-order valence-corrected chi connectivity index (χ2v) is 14.1. The normalized spacial score (nSPS) is 11.9. The van der Waals surface area contributed by atoms with Crippen molar-refractivity contribution in [1.29, 1.82) is 0 Å². The molecule has 0 heterocycles. The van der Waals surface area contributed by atoms with Crippen LogP contribution in [0.4, 0.5) is 0 Å². The van der Waals surface area contributed by atoms with Crippen LogP contribution in [0.15, 0.2) is 4.99 Å². The fourth-order valence-electron chi connectivity index (χ4n) is 4.31. The number of carbonyl (C=O) groups is 1. The summed E-state index contributed by atoms with van der Waals surface area (Å²) in [6.45, 7) is 4.21. The Morgan fingerprint density at radius 1 is 0.651 bits per heavy atom. The van der Waals surface area contributed by atoms with Crippen molar-refractivity contribution >= 4 is 69.8 Å². The Morgan fingerprint density at radius 2 is 1.02 bits per heavy atom. The average molecular weight is 681 g/mol. The van der Waals surface area contributed by atoms with Gasteiger partial charge < -0.3 is 20.0 Å². The molecule has 0 aromatic heterocycles. The van der Waals surface area contributed by atoms with Crippen LogP contribution in [0.1, 0.15) is 155 Å². The van der Waals surface area contributed by atoms with E-state index >= 15 is 0 Å². The van der Waals surface area contributed by atoms with Crippen LogP contribution in [0.25, 0.3) is 0 Å². The number of amides is 1. The number of rotatable bonds is 28. The molecule has 0 aliphatic rings. The van der Waals surface area contributed by atoms with E-state index < -0.39 is 31.7 Å². The average Bonchev–Trinajstić information content (AvgIpc) is 2.90. The van der Waals surface area contributed by atoms with Crippen molar-refractivity contribution in [3.63, 3.8) is 0 Å². The summed E-state index contributed by atoms with van der Waals surface area (Å²) >= 11 is 0. The zero-order chi connectivity index (χ0) is 32.0. The van der Waals surface area contributed by atoms with Gasteiger partial charge in [0.05, 0.1) is 28.2 Å². The van der Waals surface area contributed by atoms with Crippen molar-refractivity contribution in [2.45, 2.75) is 155 Å². The molecule has 0 aromatic rings. The second kappa shape index (κ2) is 33.4. The molecule has 0 aromatic carbocycles. The summed E-state index contributed by atoms with van der Waals surface area (Å²) in [7, 11) is -8.24. The molecular weight excluding hydrogens is 621 g/mol. The van der Waals surface area contributed by atoms with Gasteiger partial charge in [0.2, 0.25) is 5.91 Å². The molecule has 2 N–H and O–H groups in total. The summed E-state index contributed by atoms with van der Waals surface area (Å²) < 4.78 is 60.4. The van der Waals surface area contributed by atoms with Gasteiger partial charge in [-0.05, 0) is 25.2 Å². The molecule has 0 bridgehead atoms. The first-order valence-corrected chi connectivity index (χ1v) is 19.5. The number of carbonyl (C=O) groups excluding carboxylic acids is 1. The zero-order valence-electron chi connectivity index (χ0n) is 27.2. The number of hydrogen-bond acceptors (Lipinski definition) is 8. The van der Waals surface area contributed by atoms with E-state index in [9.17, 15) is 31.3 Å². The van der Waals surface area contributed by atoms with Gasteiger partial charge in [-0.1, -0.05) is 129 Å². The quantitative estimate of drug-likeness (QED) is 0.0357. The molecule has 1 amide bonds. The van der Waals surface area contributed by atoms with Crippen LogP contribution in [0.3, 0.4) is 0 Å². The van der Waals surface area contributed by atoms with E-state index in [0.29, 0.717) is 12.8 Å². The Morgan fingerprint density at radius 3 is 1.40 bits per heavy atom. The van der Waals surface area contributed by atoms with E-state index in [2.05, 4.69) is 24.2 Å². The first-order chi connectivity index (χ1) is 19.9. The zero-order valence-corrected chi connectivity index (χ0v) is 31.0. The SMILES string of the molecule is CCCCCCCCCCCCC(=O)NCCS(=O)(=O)O.CCCCCCCCCCCCC([O-])=NCCS(=O)(=O)[O-].[Ca+2]. The predicted octanol–water partition coefficient (Wildman–Crippen LogP) is 5.52. The molecule has 0 aliphatic heterocycles. The first-order valence-electron chi connectivity index (χ1n) is 16.3. The summed E-state index contributed by atoms with van der Waals surface area (Å²) in [5.41, 5.74) is 0. The largest absolute Gasteiger partial charge is 2.00 e. The molecule has 0 saturated heterocycles. The van der Waals surface area contributed by atoms with Gasteiger partial charge in [-0.25, -0.2) is 8.42 Å².